The minimum atomic E-state index is -1.03. The molecular weight excluding hydrogens is 490 g/mol. The first-order chi connectivity index (χ1) is 17.9. The zero-order chi connectivity index (χ0) is 26.2. The normalized spacial score (nSPS) is 15.5. The SMILES string of the molecule is CC1=C(C(=O)OCc2ccccc2)C(c2cccc(Cl)c2)N(C(=O)NCC=Cc2ccccc2)C(=O)N1. The number of nitrogens with zero attached hydrogens (tertiary/aromatic N) is 1. The molecule has 1 heterocycles. The van der Waals surface area contributed by atoms with Gasteiger partial charge in [-0.2, -0.15) is 0 Å². The first-order valence-electron chi connectivity index (χ1n) is 11.7. The van der Waals surface area contributed by atoms with Gasteiger partial charge in [0, 0.05) is 17.3 Å². The molecule has 37 heavy (non-hydrogen) atoms. The van der Waals surface area contributed by atoms with Crippen LogP contribution in [0.25, 0.3) is 6.08 Å². The van der Waals surface area contributed by atoms with E-state index in [1.54, 1.807) is 37.3 Å². The van der Waals surface area contributed by atoms with E-state index in [-0.39, 0.29) is 18.7 Å². The molecule has 1 aliphatic rings. The summed E-state index contributed by atoms with van der Waals surface area (Å²) < 4.78 is 5.58. The van der Waals surface area contributed by atoms with Crippen LogP contribution in [0.1, 0.15) is 29.7 Å². The van der Waals surface area contributed by atoms with Crippen molar-refractivity contribution in [2.24, 2.45) is 0 Å². The van der Waals surface area contributed by atoms with E-state index in [0.717, 1.165) is 16.0 Å². The summed E-state index contributed by atoms with van der Waals surface area (Å²) in [6, 6.07) is 23.2. The molecule has 8 heteroatoms. The highest BCUT2D eigenvalue weighted by molar-refractivity contribution is 6.30. The van der Waals surface area contributed by atoms with Crippen LogP contribution in [0.2, 0.25) is 5.02 Å². The Morgan fingerprint density at radius 2 is 1.73 bits per heavy atom. The van der Waals surface area contributed by atoms with Crippen LogP contribution in [0, 0.1) is 0 Å². The van der Waals surface area contributed by atoms with Gasteiger partial charge < -0.3 is 15.4 Å². The Hall–Kier alpha value is -4.36. The van der Waals surface area contributed by atoms with Crippen LogP contribution in [0.4, 0.5) is 9.59 Å². The molecule has 0 bridgehead atoms. The van der Waals surface area contributed by atoms with Crippen LogP contribution in [-0.2, 0) is 16.1 Å². The number of benzene rings is 3. The van der Waals surface area contributed by atoms with Gasteiger partial charge in [0.1, 0.15) is 12.6 Å². The molecule has 7 nitrogen and oxygen atoms in total. The number of hydrogen-bond donors (Lipinski definition) is 2. The summed E-state index contributed by atoms with van der Waals surface area (Å²) in [5, 5.41) is 5.76. The van der Waals surface area contributed by atoms with Crippen molar-refractivity contribution in [2.75, 3.05) is 6.54 Å². The molecule has 3 aromatic rings. The maximum Gasteiger partial charge on any atom is 0.338 e. The number of imide groups is 1. The number of nitrogens with one attached hydrogen (secondary N) is 2. The molecule has 0 aliphatic carbocycles. The highest BCUT2D eigenvalue weighted by Gasteiger charge is 2.42. The number of hydrogen-bond acceptors (Lipinski definition) is 4. The standard InChI is InChI=1S/C29H26ClN3O4/c1-20-25(27(34)37-19-22-12-6-3-7-13-22)26(23-15-8-16-24(30)18-23)33(29(36)32-20)28(35)31-17-9-14-21-10-4-2-5-11-21/h2-16,18,26H,17,19H2,1H3,(H,31,35)(H,32,36). The fraction of sp³-hybridized carbons (Fsp3) is 0.138. The lowest BCUT2D eigenvalue weighted by molar-refractivity contribution is -0.141. The van der Waals surface area contributed by atoms with Gasteiger partial charge in [0.2, 0.25) is 0 Å². The molecule has 188 valence electrons. The maximum absolute atomic E-state index is 13.3. The molecule has 2 N–H and O–H groups in total. The van der Waals surface area contributed by atoms with Crippen molar-refractivity contribution < 1.29 is 19.1 Å². The van der Waals surface area contributed by atoms with Crippen LogP contribution in [0.15, 0.2) is 102 Å². The molecular formula is C29H26ClN3O4. The smallest absolute Gasteiger partial charge is 0.338 e. The fourth-order valence-corrected chi connectivity index (χ4v) is 4.20. The van der Waals surface area contributed by atoms with Crippen LogP contribution in [0.3, 0.4) is 0 Å². The van der Waals surface area contributed by atoms with Crippen molar-refractivity contribution in [3.63, 3.8) is 0 Å². The first kappa shape index (κ1) is 25.7. The van der Waals surface area contributed by atoms with E-state index in [4.69, 9.17) is 16.3 Å². The zero-order valence-corrected chi connectivity index (χ0v) is 20.9. The largest absolute Gasteiger partial charge is 0.457 e. The Bertz CT molecular complexity index is 1340. The van der Waals surface area contributed by atoms with Crippen molar-refractivity contribution in [3.05, 3.63) is 124 Å². The van der Waals surface area contributed by atoms with Gasteiger partial charge >= 0.3 is 18.0 Å². The van der Waals surface area contributed by atoms with Crippen molar-refractivity contribution in [2.45, 2.75) is 19.6 Å². The summed E-state index contributed by atoms with van der Waals surface area (Å²) in [7, 11) is 0. The van der Waals surface area contributed by atoms with Crippen molar-refractivity contribution in [3.8, 4) is 0 Å². The number of esters is 1. The predicted molar refractivity (Wildman–Crippen MR) is 142 cm³/mol. The molecule has 1 unspecified atom stereocenters. The number of ether oxygens (including phenoxy) is 1. The average Bonchev–Trinajstić information content (AvgIpc) is 2.90. The molecule has 0 spiro atoms. The van der Waals surface area contributed by atoms with Gasteiger partial charge in [-0.1, -0.05) is 96.5 Å². The molecule has 0 radical (unpaired) electrons. The summed E-state index contributed by atoms with van der Waals surface area (Å²) in [6.45, 7) is 1.83. The van der Waals surface area contributed by atoms with Gasteiger partial charge in [-0.3, -0.25) is 0 Å². The van der Waals surface area contributed by atoms with Crippen molar-refractivity contribution in [1.29, 1.82) is 0 Å². The molecule has 3 aromatic carbocycles. The van der Waals surface area contributed by atoms with Crippen LogP contribution in [-0.4, -0.2) is 29.5 Å². The minimum Gasteiger partial charge on any atom is -0.457 e. The molecule has 0 fully saturated rings. The van der Waals surface area contributed by atoms with E-state index in [2.05, 4.69) is 10.6 Å². The number of urea groups is 2. The number of carbonyl (C=O) groups is 3. The van der Waals surface area contributed by atoms with Crippen molar-refractivity contribution in [1.82, 2.24) is 15.5 Å². The van der Waals surface area contributed by atoms with E-state index in [0.29, 0.717) is 16.3 Å². The van der Waals surface area contributed by atoms with E-state index in [1.165, 1.54) is 0 Å². The van der Waals surface area contributed by atoms with E-state index in [1.807, 2.05) is 66.7 Å². The number of halogens is 1. The third kappa shape index (κ3) is 6.45. The van der Waals surface area contributed by atoms with Crippen LogP contribution in [0.5, 0.6) is 0 Å². The summed E-state index contributed by atoms with van der Waals surface area (Å²) in [5.41, 5.74) is 2.75. The third-order valence-electron chi connectivity index (χ3n) is 5.75. The average molecular weight is 516 g/mol. The molecule has 4 amide bonds. The summed E-state index contributed by atoms with van der Waals surface area (Å²) in [4.78, 5) is 40.6. The first-order valence-corrected chi connectivity index (χ1v) is 12.1. The minimum absolute atomic E-state index is 0.0448. The molecule has 1 atom stereocenters. The predicted octanol–water partition coefficient (Wildman–Crippen LogP) is 5.85. The highest BCUT2D eigenvalue weighted by Crippen LogP contribution is 2.35. The fourth-order valence-electron chi connectivity index (χ4n) is 4.00. The highest BCUT2D eigenvalue weighted by atomic mass is 35.5. The molecule has 1 aliphatic heterocycles. The second-order valence-corrected chi connectivity index (χ2v) is 8.79. The Morgan fingerprint density at radius 3 is 2.43 bits per heavy atom. The summed E-state index contributed by atoms with van der Waals surface area (Å²) >= 11 is 6.23. The lowest BCUT2D eigenvalue weighted by Gasteiger charge is -2.36. The lowest BCUT2D eigenvalue weighted by atomic mass is 9.94. The second kappa shape index (κ2) is 12.1. The molecule has 0 saturated heterocycles. The van der Waals surface area contributed by atoms with Gasteiger partial charge in [0.05, 0.1) is 5.57 Å². The molecule has 0 aromatic heterocycles. The summed E-state index contributed by atoms with van der Waals surface area (Å²) in [6.07, 6.45) is 3.64. The number of carbonyl (C=O) groups excluding carboxylic acids is 3. The topological polar surface area (TPSA) is 87.7 Å². The third-order valence-corrected chi connectivity index (χ3v) is 5.98. The van der Waals surface area contributed by atoms with Gasteiger partial charge in [-0.05, 0) is 35.7 Å². The monoisotopic (exact) mass is 515 g/mol. The Morgan fingerprint density at radius 1 is 1.03 bits per heavy atom. The quantitative estimate of drug-likeness (QED) is 0.386. The Kier molecular flexibility index (Phi) is 8.38. The number of amides is 4. The molecule has 0 saturated carbocycles. The van der Waals surface area contributed by atoms with E-state index < -0.39 is 24.1 Å². The summed E-state index contributed by atoms with van der Waals surface area (Å²) in [5.74, 6) is -0.645. The Balaban J connectivity index is 1.59. The maximum atomic E-state index is 13.3. The van der Waals surface area contributed by atoms with Crippen molar-refractivity contribution >= 4 is 35.7 Å². The number of rotatable bonds is 7. The Labute approximate surface area is 220 Å². The van der Waals surface area contributed by atoms with Crippen LogP contribution < -0.4 is 10.6 Å². The second-order valence-electron chi connectivity index (χ2n) is 8.36. The van der Waals surface area contributed by atoms with Gasteiger partial charge in [-0.15, -0.1) is 0 Å². The molecule has 4 rings (SSSR count). The number of allylic oxidation sites excluding steroid dienone is 1. The van der Waals surface area contributed by atoms with Gasteiger partial charge in [0.25, 0.3) is 0 Å². The van der Waals surface area contributed by atoms with Gasteiger partial charge in [0.15, 0.2) is 0 Å². The van der Waals surface area contributed by atoms with Gasteiger partial charge in [-0.25, -0.2) is 19.3 Å². The zero-order valence-electron chi connectivity index (χ0n) is 20.2. The van der Waals surface area contributed by atoms with E-state index >= 15 is 0 Å². The lowest BCUT2D eigenvalue weighted by Crippen LogP contribution is -2.54. The van der Waals surface area contributed by atoms with Crippen LogP contribution >= 0.6 is 11.6 Å². The van der Waals surface area contributed by atoms with E-state index in [9.17, 15) is 14.4 Å².